The Balaban J connectivity index is 1.82. The molecule has 1 unspecified atom stereocenters. The van der Waals surface area contributed by atoms with Crippen LogP contribution in [-0.2, 0) is 27.2 Å². The van der Waals surface area contributed by atoms with Crippen molar-refractivity contribution in [3.8, 4) is 0 Å². The number of carbonyl (C=O) groups is 1. The van der Waals surface area contributed by atoms with E-state index in [2.05, 4.69) is 0 Å². The average molecular weight is 464 g/mol. The van der Waals surface area contributed by atoms with E-state index in [1.807, 2.05) is 30.3 Å². The highest BCUT2D eigenvalue weighted by Gasteiger charge is 2.38. The average Bonchev–Trinajstić information content (AvgIpc) is 3.15. The second-order valence-electron chi connectivity index (χ2n) is 7.77. The van der Waals surface area contributed by atoms with E-state index in [0.29, 0.717) is 0 Å². The van der Waals surface area contributed by atoms with E-state index in [-0.39, 0.29) is 36.2 Å². The summed E-state index contributed by atoms with van der Waals surface area (Å²) in [5.74, 6) is -0.497. The van der Waals surface area contributed by atoms with Gasteiger partial charge in [-0.1, -0.05) is 54.6 Å². The smallest absolute Gasteiger partial charge is 0.308 e. The molecule has 0 aliphatic carbocycles. The number of amides is 1. The van der Waals surface area contributed by atoms with Gasteiger partial charge in [0.05, 0.1) is 10.8 Å². The Hall–Kier alpha value is -2.87. The molecule has 4 nitrogen and oxygen atoms in total. The van der Waals surface area contributed by atoms with Crippen LogP contribution < -0.4 is 4.90 Å². The second kappa shape index (κ2) is 9.32. The minimum absolute atomic E-state index is 0.0895. The van der Waals surface area contributed by atoms with Crippen molar-refractivity contribution in [3.63, 3.8) is 0 Å². The normalized spacial score (nSPS) is 15.8. The summed E-state index contributed by atoms with van der Waals surface area (Å²) >= 11 is 0. The van der Waals surface area contributed by atoms with E-state index in [1.54, 1.807) is 12.2 Å². The largest absolute Gasteiger partial charge is 0.416 e. The van der Waals surface area contributed by atoms with Gasteiger partial charge in [0.2, 0.25) is 0 Å². The van der Waals surface area contributed by atoms with Gasteiger partial charge in [0, 0.05) is 24.1 Å². The Morgan fingerprint density at radius 3 is 2.44 bits per heavy atom. The van der Waals surface area contributed by atoms with Crippen LogP contribution >= 0.6 is 0 Å². The fourth-order valence-electron chi connectivity index (χ4n) is 3.74. The van der Waals surface area contributed by atoms with Gasteiger partial charge < -0.3 is 4.90 Å². The van der Waals surface area contributed by atoms with Gasteiger partial charge in [-0.25, -0.2) is 8.42 Å². The number of rotatable bonds is 6. The van der Waals surface area contributed by atoms with Crippen LogP contribution in [-0.4, -0.2) is 32.4 Å². The molecule has 1 amide bonds. The van der Waals surface area contributed by atoms with Crippen LogP contribution in [0.25, 0.3) is 6.08 Å². The third-order valence-electron chi connectivity index (χ3n) is 5.38. The Morgan fingerprint density at radius 2 is 1.81 bits per heavy atom. The van der Waals surface area contributed by atoms with Gasteiger partial charge >= 0.3 is 6.18 Å². The first-order chi connectivity index (χ1) is 15.0. The number of carbonyl (C=O) groups excluding carboxylic acids is 1. The first kappa shape index (κ1) is 23.8. The van der Waals surface area contributed by atoms with Gasteiger partial charge in [-0.3, -0.25) is 4.79 Å². The summed E-state index contributed by atoms with van der Waals surface area (Å²) in [6.07, 6.45) is 1.80. The van der Waals surface area contributed by atoms with Crippen LogP contribution in [0.2, 0.25) is 0 Å². The minimum Gasteiger partial charge on any atom is -0.308 e. The molecule has 1 aliphatic rings. The van der Waals surface area contributed by atoms with Gasteiger partial charge in [-0.2, -0.15) is 13.2 Å². The maximum absolute atomic E-state index is 13.3. The molecule has 0 spiro atoms. The summed E-state index contributed by atoms with van der Waals surface area (Å²) in [6, 6.07) is 13.2. The summed E-state index contributed by atoms with van der Waals surface area (Å²) in [5.41, 5.74) is 0.667. The van der Waals surface area contributed by atoms with Crippen molar-refractivity contribution in [2.75, 3.05) is 17.7 Å². The van der Waals surface area contributed by atoms with Crippen LogP contribution in [0.5, 0.6) is 0 Å². The molecular formula is C24H24F3NO3S. The number of sulfone groups is 1. The van der Waals surface area contributed by atoms with Crippen LogP contribution in [0.15, 0.2) is 66.3 Å². The molecule has 1 aliphatic heterocycles. The van der Waals surface area contributed by atoms with Crippen molar-refractivity contribution in [2.24, 2.45) is 0 Å². The summed E-state index contributed by atoms with van der Waals surface area (Å²) in [5, 5.41) is -0.921. The third-order valence-corrected chi connectivity index (χ3v) is 6.81. The molecule has 1 atom stereocenters. The molecule has 2 aromatic rings. The zero-order valence-corrected chi connectivity index (χ0v) is 18.6. The minimum atomic E-state index is -4.50. The number of hydrogen-bond donors (Lipinski definition) is 0. The highest BCUT2D eigenvalue weighted by atomic mass is 32.2. The molecule has 0 fully saturated rings. The van der Waals surface area contributed by atoms with E-state index in [9.17, 15) is 26.4 Å². The maximum atomic E-state index is 13.3. The third kappa shape index (κ3) is 5.48. The van der Waals surface area contributed by atoms with Gasteiger partial charge in [0.1, 0.15) is 0 Å². The topological polar surface area (TPSA) is 54.5 Å². The molecular weight excluding hydrogens is 439 g/mol. The van der Waals surface area contributed by atoms with Crippen LogP contribution in [0, 0.1) is 0 Å². The SMILES string of the molecule is C/C(=C\C(C/C=C/c1ccccc1)S(C)(=O)=O)C(=O)N1CCc2c1cccc2C(F)(F)F. The Kier molecular flexibility index (Phi) is 6.93. The lowest BCUT2D eigenvalue weighted by Crippen LogP contribution is -2.30. The van der Waals surface area contributed by atoms with E-state index in [0.717, 1.165) is 17.9 Å². The van der Waals surface area contributed by atoms with Crippen LogP contribution in [0.4, 0.5) is 18.9 Å². The standard InChI is InChI=1S/C24H24F3NO3S/c1-17(16-19(32(2,30)31)11-6-10-18-8-4-3-5-9-18)23(29)28-15-14-20-21(24(25,26)27)12-7-13-22(20)28/h3-10,12-13,16,19H,11,14-15H2,1-2H3/b10-6+,17-16+. The molecule has 32 heavy (non-hydrogen) atoms. The Morgan fingerprint density at radius 1 is 1.12 bits per heavy atom. The predicted octanol–water partition coefficient (Wildman–Crippen LogP) is 5.06. The molecule has 1 heterocycles. The lowest BCUT2D eigenvalue weighted by Gasteiger charge is -2.19. The molecule has 0 saturated carbocycles. The molecule has 0 N–H and O–H groups in total. The number of fused-ring (bicyclic) bond motifs is 1. The van der Waals surface area contributed by atoms with Gasteiger partial charge in [0.15, 0.2) is 9.84 Å². The van der Waals surface area contributed by atoms with Crippen molar-refractivity contribution >= 4 is 27.5 Å². The van der Waals surface area contributed by atoms with Crippen molar-refractivity contribution < 1.29 is 26.4 Å². The molecule has 8 heteroatoms. The van der Waals surface area contributed by atoms with Crippen molar-refractivity contribution in [1.82, 2.24) is 0 Å². The van der Waals surface area contributed by atoms with Crippen molar-refractivity contribution in [1.29, 1.82) is 0 Å². The molecule has 0 radical (unpaired) electrons. The molecule has 0 aromatic heterocycles. The number of nitrogens with zero attached hydrogens (tertiary/aromatic N) is 1. The predicted molar refractivity (Wildman–Crippen MR) is 120 cm³/mol. The first-order valence-corrected chi connectivity index (χ1v) is 12.0. The molecule has 0 saturated heterocycles. The number of allylic oxidation sites excluding steroid dienone is 1. The fraction of sp³-hybridized carbons (Fsp3) is 0.292. The maximum Gasteiger partial charge on any atom is 0.416 e. The summed E-state index contributed by atoms with van der Waals surface area (Å²) in [4.78, 5) is 14.3. The van der Waals surface area contributed by atoms with E-state index in [4.69, 9.17) is 0 Å². The van der Waals surface area contributed by atoms with E-state index >= 15 is 0 Å². The quantitative estimate of drug-likeness (QED) is 0.563. The lowest BCUT2D eigenvalue weighted by molar-refractivity contribution is -0.138. The monoisotopic (exact) mass is 463 g/mol. The van der Waals surface area contributed by atoms with E-state index < -0.39 is 32.7 Å². The zero-order valence-electron chi connectivity index (χ0n) is 17.8. The van der Waals surface area contributed by atoms with Crippen LogP contribution in [0.1, 0.15) is 30.0 Å². The lowest BCUT2D eigenvalue weighted by atomic mass is 10.0. The number of benzene rings is 2. The number of alkyl halides is 3. The second-order valence-corrected chi connectivity index (χ2v) is 10.0. The van der Waals surface area contributed by atoms with Gasteiger partial charge in [0.25, 0.3) is 5.91 Å². The summed E-state index contributed by atoms with van der Waals surface area (Å²) < 4.78 is 64.4. The fourth-order valence-corrected chi connectivity index (χ4v) is 4.65. The summed E-state index contributed by atoms with van der Waals surface area (Å²) in [6.45, 7) is 1.61. The Bertz CT molecular complexity index is 1150. The van der Waals surface area contributed by atoms with E-state index in [1.165, 1.54) is 30.0 Å². The van der Waals surface area contributed by atoms with Gasteiger partial charge in [-0.15, -0.1) is 0 Å². The van der Waals surface area contributed by atoms with Crippen molar-refractivity contribution in [2.45, 2.75) is 31.2 Å². The van der Waals surface area contributed by atoms with Gasteiger partial charge in [-0.05, 0) is 43.0 Å². The number of anilines is 1. The zero-order chi connectivity index (χ0) is 23.5. The molecule has 3 rings (SSSR count). The highest BCUT2D eigenvalue weighted by Crippen LogP contribution is 2.39. The number of halogens is 3. The van der Waals surface area contributed by atoms with Crippen LogP contribution in [0.3, 0.4) is 0 Å². The highest BCUT2D eigenvalue weighted by molar-refractivity contribution is 7.91. The Labute approximate surface area is 186 Å². The molecule has 170 valence electrons. The van der Waals surface area contributed by atoms with Crippen molar-refractivity contribution in [3.05, 3.63) is 82.9 Å². The first-order valence-electron chi connectivity index (χ1n) is 10.1. The molecule has 0 bridgehead atoms. The molecule has 2 aromatic carbocycles. The summed E-state index contributed by atoms with van der Waals surface area (Å²) in [7, 11) is -3.51. The number of hydrogen-bond acceptors (Lipinski definition) is 3.